The Morgan fingerprint density at radius 3 is 2.24 bits per heavy atom. The molecule has 7 nitrogen and oxygen atoms in total. The number of carbonyl (C=O) groups excluding carboxylic acids is 2. The predicted molar refractivity (Wildman–Crippen MR) is 110 cm³/mol. The van der Waals surface area contributed by atoms with Crippen LogP contribution >= 0.6 is 0 Å². The van der Waals surface area contributed by atoms with Gasteiger partial charge in [0.05, 0.1) is 14.2 Å². The van der Waals surface area contributed by atoms with Gasteiger partial charge in [0.1, 0.15) is 11.8 Å². The molecule has 29 heavy (non-hydrogen) atoms. The van der Waals surface area contributed by atoms with Crippen molar-refractivity contribution in [3.63, 3.8) is 0 Å². The summed E-state index contributed by atoms with van der Waals surface area (Å²) in [5.41, 5.74) is 0.882. The lowest BCUT2D eigenvalue weighted by molar-refractivity contribution is -0.142. The molecule has 2 aromatic rings. The summed E-state index contributed by atoms with van der Waals surface area (Å²) in [5, 5.41) is 2.76. The molecule has 0 radical (unpaired) electrons. The summed E-state index contributed by atoms with van der Waals surface area (Å²) in [6.45, 7) is 4.10. The standard InChI is InChI=1S/C22H28N2O5/c1-5-23-22(26)16(2)24(14-17-10-12-18(27-3)13-11-17)21(25)15-29-20-9-7-6-8-19(20)28-4/h6-13,16H,5,14-15H2,1-4H3,(H,23,26)/t16-/m1/s1. The molecule has 156 valence electrons. The Kier molecular flexibility index (Phi) is 8.33. The molecule has 0 saturated carbocycles. The van der Waals surface area contributed by atoms with Gasteiger partial charge in [-0.25, -0.2) is 0 Å². The Morgan fingerprint density at radius 1 is 1.00 bits per heavy atom. The fraction of sp³-hybridized carbons (Fsp3) is 0.364. The molecule has 0 aliphatic rings. The number of hydrogen-bond acceptors (Lipinski definition) is 5. The zero-order valence-corrected chi connectivity index (χ0v) is 17.3. The van der Waals surface area contributed by atoms with E-state index in [0.717, 1.165) is 11.3 Å². The molecule has 1 atom stereocenters. The second-order valence-corrected chi connectivity index (χ2v) is 6.38. The maximum Gasteiger partial charge on any atom is 0.261 e. The van der Waals surface area contributed by atoms with E-state index in [9.17, 15) is 9.59 Å². The van der Waals surface area contributed by atoms with Crippen LogP contribution in [0.4, 0.5) is 0 Å². The van der Waals surface area contributed by atoms with Crippen LogP contribution in [-0.4, -0.2) is 50.1 Å². The fourth-order valence-corrected chi connectivity index (χ4v) is 2.79. The maximum absolute atomic E-state index is 12.9. The molecule has 0 unspecified atom stereocenters. The van der Waals surface area contributed by atoms with Gasteiger partial charge in [-0.1, -0.05) is 24.3 Å². The van der Waals surface area contributed by atoms with Gasteiger partial charge >= 0.3 is 0 Å². The van der Waals surface area contributed by atoms with Gasteiger partial charge in [0.2, 0.25) is 5.91 Å². The number of likely N-dealkylation sites (N-methyl/N-ethyl adjacent to an activating group) is 1. The molecule has 2 amide bonds. The van der Waals surface area contributed by atoms with Crippen LogP contribution in [0.15, 0.2) is 48.5 Å². The van der Waals surface area contributed by atoms with E-state index in [2.05, 4.69) is 5.32 Å². The third kappa shape index (κ3) is 6.14. The lowest BCUT2D eigenvalue weighted by Gasteiger charge is -2.28. The number of benzene rings is 2. The Bertz CT molecular complexity index is 807. The minimum atomic E-state index is -0.647. The van der Waals surface area contributed by atoms with Crippen molar-refractivity contribution in [2.24, 2.45) is 0 Å². The summed E-state index contributed by atoms with van der Waals surface area (Å²) in [7, 11) is 3.13. The van der Waals surface area contributed by atoms with Crippen molar-refractivity contribution in [3.8, 4) is 17.2 Å². The molecule has 0 fully saturated rings. The summed E-state index contributed by atoms with van der Waals surface area (Å²) in [6, 6.07) is 13.8. The molecule has 0 aliphatic carbocycles. The number of nitrogens with zero attached hydrogens (tertiary/aromatic N) is 1. The van der Waals surface area contributed by atoms with Crippen LogP contribution in [0, 0.1) is 0 Å². The lowest BCUT2D eigenvalue weighted by atomic mass is 10.1. The monoisotopic (exact) mass is 400 g/mol. The van der Waals surface area contributed by atoms with Crippen molar-refractivity contribution in [3.05, 3.63) is 54.1 Å². The number of para-hydroxylation sites is 2. The van der Waals surface area contributed by atoms with E-state index < -0.39 is 6.04 Å². The highest BCUT2D eigenvalue weighted by Gasteiger charge is 2.26. The number of amides is 2. The quantitative estimate of drug-likeness (QED) is 0.663. The topological polar surface area (TPSA) is 77.1 Å². The summed E-state index contributed by atoms with van der Waals surface area (Å²) < 4.78 is 16.1. The zero-order valence-electron chi connectivity index (χ0n) is 17.3. The SMILES string of the molecule is CCNC(=O)[C@@H](C)N(Cc1ccc(OC)cc1)C(=O)COc1ccccc1OC. The van der Waals surface area contributed by atoms with E-state index in [4.69, 9.17) is 14.2 Å². The summed E-state index contributed by atoms with van der Waals surface area (Å²) in [6.07, 6.45) is 0. The Labute approximate surface area is 171 Å². The highest BCUT2D eigenvalue weighted by atomic mass is 16.5. The molecule has 7 heteroatoms. The van der Waals surface area contributed by atoms with E-state index in [0.29, 0.717) is 18.0 Å². The van der Waals surface area contributed by atoms with Crippen LogP contribution in [0.2, 0.25) is 0 Å². The number of nitrogens with one attached hydrogen (secondary N) is 1. The molecule has 0 aromatic heterocycles. The maximum atomic E-state index is 12.9. The van der Waals surface area contributed by atoms with E-state index in [1.54, 1.807) is 32.2 Å². The summed E-state index contributed by atoms with van der Waals surface area (Å²) >= 11 is 0. The molecular weight excluding hydrogens is 372 g/mol. The number of carbonyl (C=O) groups is 2. The third-order valence-electron chi connectivity index (χ3n) is 4.45. The molecule has 0 heterocycles. The number of rotatable bonds is 10. The summed E-state index contributed by atoms with van der Waals surface area (Å²) in [4.78, 5) is 26.8. The second kappa shape index (κ2) is 10.9. The summed E-state index contributed by atoms with van der Waals surface area (Å²) in [5.74, 6) is 1.22. The average Bonchev–Trinajstić information content (AvgIpc) is 2.76. The van der Waals surface area contributed by atoms with Crippen molar-refractivity contribution in [2.45, 2.75) is 26.4 Å². The number of hydrogen-bond donors (Lipinski definition) is 1. The molecule has 0 saturated heterocycles. The normalized spacial score (nSPS) is 11.3. The number of ether oxygens (including phenoxy) is 3. The first-order valence-corrected chi connectivity index (χ1v) is 9.46. The molecule has 0 bridgehead atoms. The predicted octanol–water partition coefficient (Wildman–Crippen LogP) is 2.64. The van der Waals surface area contributed by atoms with Crippen LogP contribution in [0.25, 0.3) is 0 Å². The van der Waals surface area contributed by atoms with Gasteiger partial charge in [0.15, 0.2) is 18.1 Å². The molecule has 2 rings (SSSR count). The van der Waals surface area contributed by atoms with Crippen molar-refractivity contribution >= 4 is 11.8 Å². The van der Waals surface area contributed by atoms with Crippen LogP contribution in [0.3, 0.4) is 0 Å². The van der Waals surface area contributed by atoms with Crippen molar-refractivity contribution < 1.29 is 23.8 Å². The molecule has 1 N–H and O–H groups in total. The van der Waals surface area contributed by atoms with Gasteiger partial charge in [0, 0.05) is 13.1 Å². The van der Waals surface area contributed by atoms with Gasteiger partial charge < -0.3 is 24.4 Å². The first-order chi connectivity index (χ1) is 14.0. The van der Waals surface area contributed by atoms with E-state index in [1.165, 1.54) is 12.0 Å². The van der Waals surface area contributed by atoms with Crippen molar-refractivity contribution in [1.82, 2.24) is 10.2 Å². The first-order valence-electron chi connectivity index (χ1n) is 9.46. The third-order valence-corrected chi connectivity index (χ3v) is 4.45. The largest absolute Gasteiger partial charge is 0.497 e. The minimum Gasteiger partial charge on any atom is -0.497 e. The first kappa shape index (κ1) is 22.1. The molecule has 0 spiro atoms. The number of methoxy groups -OCH3 is 2. The van der Waals surface area contributed by atoms with Crippen LogP contribution < -0.4 is 19.5 Å². The van der Waals surface area contributed by atoms with E-state index in [1.807, 2.05) is 37.3 Å². The minimum absolute atomic E-state index is 0.208. The fourth-order valence-electron chi connectivity index (χ4n) is 2.79. The van der Waals surface area contributed by atoms with Gasteiger partial charge in [-0.3, -0.25) is 9.59 Å². The van der Waals surface area contributed by atoms with Crippen molar-refractivity contribution in [1.29, 1.82) is 0 Å². The van der Waals surface area contributed by atoms with Crippen LogP contribution in [0.1, 0.15) is 19.4 Å². The average molecular weight is 400 g/mol. The highest BCUT2D eigenvalue weighted by molar-refractivity contribution is 5.87. The molecular formula is C22H28N2O5. The van der Waals surface area contributed by atoms with Gasteiger partial charge in [-0.2, -0.15) is 0 Å². The second-order valence-electron chi connectivity index (χ2n) is 6.38. The van der Waals surface area contributed by atoms with E-state index in [-0.39, 0.29) is 25.0 Å². The van der Waals surface area contributed by atoms with E-state index >= 15 is 0 Å². The smallest absolute Gasteiger partial charge is 0.261 e. The van der Waals surface area contributed by atoms with Gasteiger partial charge in [0.25, 0.3) is 5.91 Å². The zero-order chi connectivity index (χ0) is 21.2. The van der Waals surface area contributed by atoms with Gasteiger partial charge in [-0.05, 0) is 43.7 Å². The van der Waals surface area contributed by atoms with Gasteiger partial charge in [-0.15, -0.1) is 0 Å². The Balaban J connectivity index is 2.15. The van der Waals surface area contributed by atoms with Crippen LogP contribution in [-0.2, 0) is 16.1 Å². The highest BCUT2D eigenvalue weighted by Crippen LogP contribution is 2.26. The Hall–Kier alpha value is -3.22. The molecule has 2 aromatic carbocycles. The lowest BCUT2D eigenvalue weighted by Crippen LogP contribution is -2.49. The van der Waals surface area contributed by atoms with Crippen LogP contribution in [0.5, 0.6) is 17.2 Å². The Morgan fingerprint density at radius 2 is 1.66 bits per heavy atom. The van der Waals surface area contributed by atoms with Crippen molar-refractivity contribution in [2.75, 3.05) is 27.4 Å². The molecule has 0 aliphatic heterocycles.